The first-order valence-electron chi connectivity index (χ1n) is 4.72. The Labute approximate surface area is 88.2 Å². The van der Waals surface area contributed by atoms with Crippen molar-refractivity contribution in [3.63, 3.8) is 0 Å². The van der Waals surface area contributed by atoms with E-state index < -0.39 is 4.32 Å². The van der Waals surface area contributed by atoms with Crippen LogP contribution >= 0.6 is 15.9 Å². The molecule has 0 aromatic rings. The van der Waals surface area contributed by atoms with Crippen LogP contribution in [0, 0.1) is 0 Å². The van der Waals surface area contributed by atoms with Crippen molar-refractivity contribution in [2.45, 2.75) is 50.3 Å². The number of alkyl halides is 1. The zero-order valence-electron chi connectivity index (χ0n) is 8.23. The fourth-order valence-electron chi connectivity index (χ4n) is 1.13. The Morgan fingerprint density at radius 1 is 1.38 bits per heavy atom. The number of unbranched alkanes of at least 4 members (excludes halogenated alkanes) is 1. The molecule has 0 aromatic carbocycles. The maximum absolute atomic E-state index is 11.5. The molecule has 0 heterocycles. The second-order valence-corrected chi connectivity index (χ2v) is 4.53. The SMILES string of the molecule is CCCCC(=O)C(Br)([C]=O)CCC. The van der Waals surface area contributed by atoms with Crippen molar-refractivity contribution in [3.8, 4) is 0 Å². The maximum atomic E-state index is 11.5. The second kappa shape index (κ2) is 6.30. The Morgan fingerprint density at radius 3 is 2.38 bits per heavy atom. The highest BCUT2D eigenvalue weighted by Crippen LogP contribution is 2.25. The minimum Gasteiger partial charge on any atom is -0.298 e. The third-order valence-corrected chi connectivity index (χ3v) is 2.96. The highest BCUT2D eigenvalue weighted by atomic mass is 79.9. The molecule has 13 heavy (non-hydrogen) atoms. The van der Waals surface area contributed by atoms with Crippen LogP contribution in [0.4, 0.5) is 0 Å². The van der Waals surface area contributed by atoms with Gasteiger partial charge in [-0.1, -0.05) is 42.6 Å². The lowest BCUT2D eigenvalue weighted by atomic mass is 9.96. The van der Waals surface area contributed by atoms with E-state index in [-0.39, 0.29) is 5.78 Å². The number of carbonyl (C=O) groups is 1. The largest absolute Gasteiger partial charge is 0.298 e. The summed E-state index contributed by atoms with van der Waals surface area (Å²) in [4.78, 5) is 22.2. The van der Waals surface area contributed by atoms with Crippen molar-refractivity contribution in [2.75, 3.05) is 0 Å². The summed E-state index contributed by atoms with van der Waals surface area (Å²) in [5.74, 6) is -0.0359. The van der Waals surface area contributed by atoms with Gasteiger partial charge in [-0.2, -0.15) is 0 Å². The number of hydrogen-bond donors (Lipinski definition) is 0. The number of rotatable bonds is 7. The van der Waals surface area contributed by atoms with Gasteiger partial charge in [0.15, 0.2) is 5.78 Å². The summed E-state index contributed by atoms with van der Waals surface area (Å²) in [6.45, 7) is 3.97. The lowest BCUT2D eigenvalue weighted by Gasteiger charge is -2.17. The molecule has 0 aromatic heterocycles. The Bertz CT molecular complexity index is 180. The fraction of sp³-hybridized carbons (Fsp3) is 0.800. The van der Waals surface area contributed by atoms with Gasteiger partial charge in [0.05, 0.1) is 0 Å². The molecular weight excluding hydrogens is 232 g/mol. The normalized spacial score (nSPS) is 15.0. The maximum Gasteiger partial charge on any atom is 0.224 e. The van der Waals surface area contributed by atoms with E-state index in [0.29, 0.717) is 12.8 Å². The fourth-order valence-corrected chi connectivity index (χ4v) is 1.72. The van der Waals surface area contributed by atoms with E-state index in [2.05, 4.69) is 15.9 Å². The molecule has 0 bridgehead atoms. The zero-order chi connectivity index (χ0) is 10.3. The molecule has 1 atom stereocenters. The molecule has 75 valence electrons. The Hall–Kier alpha value is -0.180. The quantitative estimate of drug-likeness (QED) is 0.512. The van der Waals surface area contributed by atoms with Gasteiger partial charge in [0.25, 0.3) is 0 Å². The molecule has 0 saturated carbocycles. The average Bonchev–Trinajstić information content (AvgIpc) is 2.14. The van der Waals surface area contributed by atoms with E-state index in [1.54, 1.807) is 6.29 Å². The summed E-state index contributed by atoms with van der Waals surface area (Å²) >= 11 is 3.17. The highest BCUT2D eigenvalue weighted by Gasteiger charge is 2.34. The van der Waals surface area contributed by atoms with Crippen molar-refractivity contribution in [1.82, 2.24) is 0 Å². The van der Waals surface area contributed by atoms with Gasteiger partial charge in [0, 0.05) is 6.42 Å². The molecule has 0 rings (SSSR count). The van der Waals surface area contributed by atoms with Crippen molar-refractivity contribution in [3.05, 3.63) is 0 Å². The Morgan fingerprint density at radius 2 is 2.00 bits per heavy atom. The van der Waals surface area contributed by atoms with E-state index >= 15 is 0 Å². The second-order valence-electron chi connectivity index (χ2n) is 3.18. The average molecular weight is 248 g/mol. The van der Waals surface area contributed by atoms with Crippen LogP contribution in [-0.4, -0.2) is 16.4 Å². The van der Waals surface area contributed by atoms with E-state index in [1.807, 2.05) is 13.8 Å². The third kappa shape index (κ3) is 4.03. The summed E-state index contributed by atoms with van der Waals surface area (Å²) in [7, 11) is 0. The Kier molecular flexibility index (Phi) is 6.21. The lowest BCUT2D eigenvalue weighted by molar-refractivity contribution is -0.119. The van der Waals surface area contributed by atoms with Crippen LogP contribution in [0.2, 0.25) is 0 Å². The summed E-state index contributed by atoms with van der Waals surface area (Å²) in [6, 6.07) is 0. The first-order chi connectivity index (χ1) is 6.10. The summed E-state index contributed by atoms with van der Waals surface area (Å²) in [6.07, 6.45) is 5.44. The van der Waals surface area contributed by atoms with Crippen molar-refractivity contribution < 1.29 is 9.59 Å². The monoisotopic (exact) mass is 247 g/mol. The zero-order valence-corrected chi connectivity index (χ0v) is 9.82. The number of ketones is 1. The van der Waals surface area contributed by atoms with E-state index in [9.17, 15) is 9.59 Å². The van der Waals surface area contributed by atoms with E-state index in [1.165, 1.54) is 0 Å². The van der Waals surface area contributed by atoms with Gasteiger partial charge in [0.1, 0.15) is 4.32 Å². The van der Waals surface area contributed by atoms with Gasteiger partial charge >= 0.3 is 0 Å². The van der Waals surface area contributed by atoms with Crippen LogP contribution in [0.15, 0.2) is 0 Å². The number of carbonyl (C=O) groups excluding carboxylic acids is 2. The molecule has 0 spiro atoms. The first kappa shape index (κ1) is 12.8. The molecule has 0 aliphatic rings. The van der Waals surface area contributed by atoms with Crippen molar-refractivity contribution in [2.24, 2.45) is 0 Å². The van der Waals surface area contributed by atoms with E-state index in [0.717, 1.165) is 19.3 Å². The van der Waals surface area contributed by atoms with Crippen LogP contribution in [0.25, 0.3) is 0 Å². The molecule has 0 aliphatic carbocycles. The van der Waals surface area contributed by atoms with Crippen molar-refractivity contribution in [1.29, 1.82) is 0 Å². The third-order valence-electron chi connectivity index (χ3n) is 1.96. The smallest absolute Gasteiger partial charge is 0.224 e. The molecular formula is C10H16BrO2. The van der Waals surface area contributed by atoms with Gasteiger partial charge in [0.2, 0.25) is 6.29 Å². The minimum atomic E-state index is -1.03. The highest BCUT2D eigenvalue weighted by molar-refractivity contribution is 9.10. The predicted molar refractivity (Wildman–Crippen MR) is 56.8 cm³/mol. The predicted octanol–water partition coefficient (Wildman–Crippen LogP) is 2.79. The summed E-state index contributed by atoms with van der Waals surface area (Å²) < 4.78 is -1.03. The molecule has 0 aliphatic heterocycles. The van der Waals surface area contributed by atoms with E-state index in [4.69, 9.17) is 0 Å². The number of halogens is 1. The van der Waals surface area contributed by atoms with Crippen LogP contribution in [0.1, 0.15) is 46.0 Å². The molecule has 0 N–H and O–H groups in total. The van der Waals surface area contributed by atoms with Gasteiger partial charge in [-0.3, -0.25) is 9.59 Å². The molecule has 0 amide bonds. The van der Waals surface area contributed by atoms with Crippen LogP contribution in [0.5, 0.6) is 0 Å². The van der Waals surface area contributed by atoms with Gasteiger partial charge in [-0.15, -0.1) is 0 Å². The molecule has 1 unspecified atom stereocenters. The number of hydrogen-bond acceptors (Lipinski definition) is 2. The molecule has 2 nitrogen and oxygen atoms in total. The standard InChI is InChI=1S/C10H16BrO2/c1-3-5-6-9(13)10(11,8-12)7-4-2/h3-7H2,1-2H3. The van der Waals surface area contributed by atoms with Crippen LogP contribution in [0.3, 0.4) is 0 Å². The number of Topliss-reactive ketones (excluding diaryl/α,β-unsaturated/α-hetero) is 1. The lowest BCUT2D eigenvalue weighted by Crippen LogP contribution is -2.33. The Balaban J connectivity index is 4.20. The topological polar surface area (TPSA) is 34.1 Å². The molecule has 0 saturated heterocycles. The first-order valence-corrected chi connectivity index (χ1v) is 5.51. The summed E-state index contributed by atoms with van der Waals surface area (Å²) in [5.41, 5.74) is 0. The molecule has 0 fully saturated rings. The van der Waals surface area contributed by atoms with Crippen molar-refractivity contribution >= 4 is 28.0 Å². The van der Waals surface area contributed by atoms with Gasteiger partial charge in [-0.05, 0) is 12.8 Å². The van der Waals surface area contributed by atoms with Crippen LogP contribution in [-0.2, 0) is 9.59 Å². The molecule has 1 radical (unpaired) electrons. The minimum absolute atomic E-state index is 0.0359. The van der Waals surface area contributed by atoms with Crippen LogP contribution < -0.4 is 0 Å². The van der Waals surface area contributed by atoms with Gasteiger partial charge in [-0.25, -0.2) is 0 Å². The van der Waals surface area contributed by atoms with Gasteiger partial charge < -0.3 is 0 Å². The summed E-state index contributed by atoms with van der Waals surface area (Å²) in [5, 5.41) is 0. The molecule has 3 heteroatoms.